The van der Waals surface area contributed by atoms with Gasteiger partial charge in [0.2, 0.25) is 5.95 Å². The van der Waals surface area contributed by atoms with Gasteiger partial charge in [0, 0.05) is 6.07 Å². The second-order valence-corrected chi connectivity index (χ2v) is 5.49. The van der Waals surface area contributed by atoms with Gasteiger partial charge in [-0.15, -0.1) is 0 Å². The highest BCUT2D eigenvalue weighted by atomic mass is 19.4. The minimum absolute atomic E-state index is 0.0352. The summed E-state index contributed by atoms with van der Waals surface area (Å²) in [5, 5.41) is 0.129. The van der Waals surface area contributed by atoms with Crippen LogP contribution in [-0.2, 0) is 6.18 Å². The maximum absolute atomic E-state index is 13.0. The molecule has 3 rings (SSSR count). The van der Waals surface area contributed by atoms with Crippen LogP contribution in [0.4, 0.5) is 19.1 Å². The molecule has 27 heavy (non-hydrogen) atoms. The number of methoxy groups -OCH3 is 2. The molecule has 1 aromatic heterocycles. The molecule has 0 radical (unpaired) electrons. The predicted octanol–water partition coefficient (Wildman–Crippen LogP) is 2.71. The van der Waals surface area contributed by atoms with Crippen molar-refractivity contribution >= 4 is 16.9 Å². The van der Waals surface area contributed by atoms with Crippen molar-refractivity contribution in [2.75, 3.05) is 19.6 Å². The molecule has 0 amide bonds. The summed E-state index contributed by atoms with van der Waals surface area (Å²) in [6, 6.07) is 7.19. The zero-order valence-electron chi connectivity index (χ0n) is 14.3. The van der Waals surface area contributed by atoms with Crippen LogP contribution in [-0.4, -0.2) is 23.8 Å². The molecule has 0 spiro atoms. The van der Waals surface area contributed by atoms with Gasteiger partial charge < -0.3 is 9.47 Å². The Hall–Kier alpha value is -3.27. The van der Waals surface area contributed by atoms with Gasteiger partial charge in [0.15, 0.2) is 11.5 Å². The van der Waals surface area contributed by atoms with Gasteiger partial charge in [-0.2, -0.15) is 13.2 Å². The van der Waals surface area contributed by atoms with Gasteiger partial charge in [0.1, 0.15) is 0 Å². The Morgan fingerprint density at radius 2 is 1.78 bits per heavy atom. The first kappa shape index (κ1) is 18.5. The first-order chi connectivity index (χ1) is 12.8. The summed E-state index contributed by atoms with van der Waals surface area (Å²) in [5.74, 6) is 5.95. The van der Waals surface area contributed by atoms with E-state index >= 15 is 0 Å². The maximum atomic E-state index is 13.0. The first-order valence-corrected chi connectivity index (χ1v) is 7.63. The number of hydrazine groups is 1. The van der Waals surface area contributed by atoms with E-state index in [4.69, 9.17) is 15.3 Å². The number of nitrogens with two attached hydrogens (primary N) is 1. The van der Waals surface area contributed by atoms with E-state index in [1.165, 1.54) is 38.5 Å². The third-order valence-electron chi connectivity index (χ3n) is 3.93. The molecule has 3 N–H and O–H groups in total. The van der Waals surface area contributed by atoms with E-state index in [0.717, 1.165) is 16.7 Å². The van der Waals surface area contributed by atoms with E-state index in [9.17, 15) is 18.0 Å². The summed E-state index contributed by atoms with van der Waals surface area (Å²) >= 11 is 0. The lowest BCUT2D eigenvalue weighted by Crippen LogP contribution is -2.26. The molecule has 10 heteroatoms. The second kappa shape index (κ2) is 6.80. The highest BCUT2D eigenvalue weighted by Gasteiger charge is 2.31. The number of nitrogens with one attached hydrogen (secondary N) is 1. The molecule has 0 aliphatic rings. The number of hydrogen-bond donors (Lipinski definition) is 2. The van der Waals surface area contributed by atoms with Crippen molar-refractivity contribution < 1.29 is 22.6 Å². The summed E-state index contributed by atoms with van der Waals surface area (Å²) in [6.07, 6.45) is -4.56. The third-order valence-corrected chi connectivity index (χ3v) is 3.93. The Balaban J connectivity index is 2.33. The lowest BCUT2D eigenvalue weighted by molar-refractivity contribution is -0.137. The SMILES string of the molecule is COc1cc2nc(NN)n(-c3cccc(C(F)(F)F)c3)c(=O)c2cc1OC. The van der Waals surface area contributed by atoms with E-state index < -0.39 is 17.3 Å². The molecular weight excluding hydrogens is 365 g/mol. The normalized spacial score (nSPS) is 11.5. The second-order valence-electron chi connectivity index (χ2n) is 5.49. The van der Waals surface area contributed by atoms with Gasteiger partial charge in [-0.1, -0.05) is 6.07 Å². The molecule has 0 atom stereocenters. The number of nitrogens with zero attached hydrogens (tertiary/aromatic N) is 2. The number of anilines is 1. The lowest BCUT2D eigenvalue weighted by atomic mass is 10.1. The first-order valence-electron chi connectivity index (χ1n) is 7.63. The van der Waals surface area contributed by atoms with Crippen LogP contribution in [0.25, 0.3) is 16.6 Å². The van der Waals surface area contributed by atoms with Crippen molar-refractivity contribution in [2.24, 2.45) is 5.84 Å². The molecule has 0 unspecified atom stereocenters. The molecule has 0 saturated carbocycles. The topological polar surface area (TPSA) is 91.4 Å². The lowest BCUT2D eigenvalue weighted by Gasteiger charge is -2.15. The number of alkyl halides is 3. The summed E-state index contributed by atoms with van der Waals surface area (Å²) in [7, 11) is 2.83. The molecule has 0 bridgehead atoms. The Kier molecular flexibility index (Phi) is 4.66. The third kappa shape index (κ3) is 3.26. The van der Waals surface area contributed by atoms with Gasteiger partial charge in [-0.05, 0) is 24.3 Å². The Morgan fingerprint density at radius 1 is 1.11 bits per heavy atom. The number of benzene rings is 2. The van der Waals surface area contributed by atoms with E-state index in [1.807, 2.05) is 0 Å². The fourth-order valence-electron chi connectivity index (χ4n) is 2.67. The van der Waals surface area contributed by atoms with E-state index in [0.29, 0.717) is 5.75 Å². The smallest absolute Gasteiger partial charge is 0.416 e. The van der Waals surface area contributed by atoms with Crippen LogP contribution >= 0.6 is 0 Å². The van der Waals surface area contributed by atoms with E-state index in [-0.39, 0.29) is 28.3 Å². The van der Waals surface area contributed by atoms with Crippen LogP contribution in [0.2, 0.25) is 0 Å². The van der Waals surface area contributed by atoms with Crippen molar-refractivity contribution in [3.05, 3.63) is 52.3 Å². The number of ether oxygens (including phenoxy) is 2. The van der Waals surface area contributed by atoms with Crippen LogP contribution in [0, 0.1) is 0 Å². The Morgan fingerprint density at radius 3 is 2.37 bits per heavy atom. The molecule has 0 aliphatic heterocycles. The number of aromatic nitrogens is 2. The van der Waals surface area contributed by atoms with Crippen molar-refractivity contribution in [3.63, 3.8) is 0 Å². The summed E-state index contributed by atoms with van der Waals surface area (Å²) in [5.41, 5.74) is 0.941. The maximum Gasteiger partial charge on any atom is 0.416 e. The zero-order chi connectivity index (χ0) is 19.8. The van der Waals surface area contributed by atoms with Crippen molar-refractivity contribution in [2.45, 2.75) is 6.18 Å². The number of nitrogen functional groups attached to an aromatic ring is 1. The van der Waals surface area contributed by atoms with Crippen molar-refractivity contribution in [1.82, 2.24) is 9.55 Å². The molecule has 3 aromatic rings. The highest BCUT2D eigenvalue weighted by Crippen LogP contribution is 2.32. The molecule has 0 fully saturated rings. The number of fused-ring (bicyclic) bond motifs is 1. The molecule has 7 nitrogen and oxygen atoms in total. The fourth-order valence-corrected chi connectivity index (χ4v) is 2.67. The Labute approximate surface area is 151 Å². The van der Waals surface area contributed by atoms with E-state index in [2.05, 4.69) is 10.4 Å². The van der Waals surface area contributed by atoms with Gasteiger partial charge in [-0.3, -0.25) is 10.2 Å². The van der Waals surface area contributed by atoms with Gasteiger partial charge in [-0.25, -0.2) is 15.4 Å². The fraction of sp³-hybridized carbons (Fsp3) is 0.176. The summed E-state index contributed by atoms with van der Waals surface area (Å²) in [6.45, 7) is 0. The highest BCUT2D eigenvalue weighted by molar-refractivity contribution is 5.83. The zero-order valence-corrected chi connectivity index (χ0v) is 14.3. The molecule has 0 saturated heterocycles. The molecule has 142 valence electrons. The van der Waals surface area contributed by atoms with Crippen LogP contribution < -0.4 is 26.3 Å². The quantitative estimate of drug-likeness (QED) is 0.534. The van der Waals surface area contributed by atoms with Crippen molar-refractivity contribution in [3.8, 4) is 17.2 Å². The van der Waals surface area contributed by atoms with Gasteiger partial charge >= 0.3 is 6.18 Å². The van der Waals surface area contributed by atoms with Gasteiger partial charge in [0.05, 0.1) is 36.4 Å². The largest absolute Gasteiger partial charge is 0.493 e. The molecular formula is C17H15F3N4O3. The van der Waals surface area contributed by atoms with Crippen molar-refractivity contribution in [1.29, 1.82) is 0 Å². The molecule has 1 heterocycles. The van der Waals surface area contributed by atoms with Crippen LogP contribution in [0.5, 0.6) is 11.5 Å². The average molecular weight is 380 g/mol. The van der Waals surface area contributed by atoms with Gasteiger partial charge in [0.25, 0.3) is 5.56 Å². The average Bonchev–Trinajstić information content (AvgIpc) is 2.66. The van der Waals surface area contributed by atoms with E-state index in [1.54, 1.807) is 0 Å². The predicted molar refractivity (Wildman–Crippen MR) is 93.3 cm³/mol. The number of hydrogen-bond acceptors (Lipinski definition) is 6. The summed E-state index contributed by atoms with van der Waals surface area (Å²) in [4.78, 5) is 17.2. The standard InChI is InChI=1S/C17H15F3N4O3/c1-26-13-7-11-12(8-14(13)27-2)22-16(23-21)24(15(11)25)10-5-3-4-9(6-10)17(18,19)20/h3-8H,21H2,1-2H3,(H,22,23). The summed E-state index contributed by atoms with van der Waals surface area (Å²) < 4.78 is 50.4. The molecule has 2 aromatic carbocycles. The van der Waals surface area contributed by atoms with Crippen LogP contribution in [0.1, 0.15) is 5.56 Å². The minimum Gasteiger partial charge on any atom is -0.493 e. The molecule has 0 aliphatic carbocycles. The number of rotatable bonds is 4. The minimum atomic E-state index is -4.56. The monoisotopic (exact) mass is 380 g/mol. The van der Waals surface area contributed by atoms with Crippen LogP contribution in [0.15, 0.2) is 41.2 Å². The number of halogens is 3. The van der Waals surface area contributed by atoms with Crippen LogP contribution in [0.3, 0.4) is 0 Å². The Bertz CT molecular complexity index is 1060.